The minimum absolute atomic E-state index is 0.0918. The number of aromatic nitrogens is 3. The van der Waals surface area contributed by atoms with Gasteiger partial charge in [-0.05, 0) is 38.0 Å². The summed E-state index contributed by atoms with van der Waals surface area (Å²) in [6.45, 7) is 4.33. The molecule has 1 aromatic heterocycles. The third-order valence-electron chi connectivity index (χ3n) is 4.23. The lowest BCUT2D eigenvalue weighted by Crippen LogP contribution is -2.37. The van der Waals surface area contributed by atoms with Gasteiger partial charge in [-0.25, -0.2) is 18.6 Å². The fourth-order valence-corrected chi connectivity index (χ4v) is 5.27. The van der Waals surface area contributed by atoms with Crippen LogP contribution in [0.15, 0.2) is 21.9 Å². The summed E-state index contributed by atoms with van der Waals surface area (Å²) < 4.78 is 28.4. The van der Waals surface area contributed by atoms with Gasteiger partial charge in [-0.3, -0.25) is 9.80 Å². The van der Waals surface area contributed by atoms with Gasteiger partial charge in [-0.2, -0.15) is 15.0 Å². The van der Waals surface area contributed by atoms with E-state index in [9.17, 15) is 13.2 Å². The second kappa shape index (κ2) is 8.79. The maximum atomic E-state index is 13.1. The molecule has 14 heteroatoms. The molecule has 1 aliphatic heterocycles. The van der Waals surface area contributed by atoms with Crippen molar-refractivity contribution in [1.82, 2.24) is 20.4 Å². The molecule has 1 aromatic carbocycles. The Kier molecular flexibility index (Phi) is 6.55. The van der Waals surface area contributed by atoms with Gasteiger partial charge in [-0.1, -0.05) is 11.6 Å². The van der Waals surface area contributed by atoms with Gasteiger partial charge in [0, 0.05) is 22.5 Å². The quantitative estimate of drug-likeness (QED) is 0.430. The number of aliphatic carboxylic acids is 1. The Morgan fingerprint density at radius 2 is 2.17 bits per heavy atom. The van der Waals surface area contributed by atoms with Crippen LogP contribution in [0.5, 0.6) is 0 Å². The summed E-state index contributed by atoms with van der Waals surface area (Å²) >= 11 is 6.94. The third-order valence-corrected chi connectivity index (χ3v) is 7.18. The van der Waals surface area contributed by atoms with Crippen LogP contribution in [0, 0.1) is 6.92 Å². The van der Waals surface area contributed by atoms with Crippen LogP contribution in [0.1, 0.15) is 18.9 Å². The highest BCUT2D eigenvalue weighted by molar-refractivity contribution is 8.01. The third kappa shape index (κ3) is 5.03. The SMILES string of the molecule is Cc1cc(S(=O)(=O)Nc2nc(N)nc(N3NCCC3C)n2)c(SCC(=O)O)cc1Cl. The van der Waals surface area contributed by atoms with E-state index in [4.69, 9.17) is 22.4 Å². The molecule has 30 heavy (non-hydrogen) atoms. The molecular formula is C16H20ClN7O4S2. The molecule has 5 N–H and O–H groups in total. The number of benzene rings is 1. The van der Waals surface area contributed by atoms with Gasteiger partial charge >= 0.3 is 5.97 Å². The molecule has 1 atom stereocenters. The number of sulfonamides is 1. The summed E-state index contributed by atoms with van der Waals surface area (Å²) in [5.41, 5.74) is 9.36. The number of nitrogens with two attached hydrogens (primary N) is 1. The van der Waals surface area contributed by atoms with Crippen molar-refractivity contribution < 1.29 is 18.3 Å². The summed E-state index contributed by atoms with van der Waals surface area (Å²) in [6, 6.07) is 2.88. The molecule has 2 heterocycles. The molecule has 162 valence electrons. The molecule has 0 spiro atoms. The predicted molar refractivity (Wildman–Crippen MR) is 114 cm³/mol. The van der Waals surface area contributed by atoms with Crippen LogP contribution < -0.4 is 20.9 Å². The molecule has 3 rings (SSSR count). The number of carbonyl (C=O) groups is 1. The summed E-state index contributed by atoms with van der Waals surface area (Å²) in [7, 11) is -4.17. The van der Waals surface area contributed by atoms with Crippen molar-refractivity contribution in [2.24, 2.45) is 0 Å². The number of halogens is 1. The molecule has 0 aliphatic carbocycles. The number of nitrogens with one attached hydrogen (secondary N) is 2. The Hall–Kier alpha value is -2.35. The highest BCUT2D eigenvalue weighted by Gasteiger charge is 2.26. The number of nitrogens with zero attached hydrogens (tertiary/aromatic N) is 4. The number of thioether (sulfide) groups is 1. The molecule has 0 saturated carbocycles. The Morgan fingerprint density at radius 1 is 1.43 bits per heavy atom. The Balaban J connectivity index is 1.96. The van der Waals surface area contributed by atoms with Crippen molar-refractivity contribution in [2.75, 3.05) is 27.8 Å². The number of hydrazine groups is 1. The minimum atomic E-state index is -4.17. The first kappa shape index (κ1) is 22.3. The fraction of sp³-hybridized carbons (Fsp3) is 0.375. The van der Waals surface area contributed by atoms with Gasteiger partial charge in [0.15, 0.2) is 0 Å². The molecule has 1 unspecified atom stereocenters. The van der Waals surface area contributed by atoms with Crippen molar-refractivity contribution in [3.05, 3.63) is 22.7 Å². The van der Waals surface area contributed by atoms with Gasteiger partial charge in [0.05, 0.1) is 5.75 Å². The lowest BCUT2D eigenvalue weighted by Gasteiger charge is -2.21. The lowest BCUT2D eigenvalue weighted by atomic mass is 10.2. The van der Waals surface area contributed by atoms with Gasteiger partial charge in [-0.15, -0.1) is 11.8 Å². The number of nitrogen functional groups attached to an aromatic ring is 1. The van der Waals surface area contributed by atoms with Crippen LogP contribution in [-0.2, 0) is 14.8 Å². The Bertz CT molecular complexity index is 1080. The molecule has 1 aliphatic rings. The van der Waals surface area contributed by atoms with Gasteiger partial charge < -0.3 is 10.8 Å². The maximum absolute atomic E-state index is 13.1. The number of anilines is 3. The van der Waals surface area contributed by atoms with Crippen molar-refractivity contribution in [2.45, 2.75) is 36.1 Å². The maximum Gasteiger partial charge on any atom is 0.313 e. The zero-order valence-corrected chi connectivity index (χ0v) is 18.5. The average molecular weight is 474 g/mol. The summed E-state index contributed by atoms with van der Waals surface area (Å²) in [4.78, 5) is 23.1. The topological polar surface area (TPSA) is 163 Å². The largest absolute Gasteiger partial charge is 0.481 e. The van der Waals surface area contributed by atoms with Crippen LogP contribution in [0.25, 0.3) is 0 Å². The number of carboxylic acids is 1. The monoisotopic (exact) mass is 473 g/mol. The minimum Gasteiger partial charge on any atom is -0.481 e. The van der Waals surface area contributed by atoms with Crippen LogP contribution in [0.2, 0.25) is 5.02 Å². The van der Waals surface area contributed by atoms with E-state index in [1.807, 2.05) is 6.92 Å². The molecule has 0 amide bonds. The van der Waals surface area contributed by atoms with Crippen molar-refractivity contribution >= 4 is 57.2 Å². The second-order valence-corrected chi connectivity index (χ2v) is 9.64. The Labute approximate surface area is 182 Å². The molecule has 0 bridgehead atoms. The number of rotatable bonds is 7. The van der Waals surface area contributed by atoms with E-state index in [1.54, 1.807) is 11.9 Å². The zero-order valence-electron chi connectivity index (χ0n) is 16.1. The van der Waals surface area contributed by atoms with Crippen molar-refractivity contribution in [3.63, 3.8) is 0 Å². The van der Waals surface area contributed by atoms with E-state index in [0.717, 1.165) is 24.7 Å². The van der Waals surface area contributed by atoms with Gasteiger partial charge in [0.25, 0.3) is 10.0 Å². The summed E-state index contributed by atoms with van der Waals surface area (Å²) in [5, 5.41) is 11.0. The van der Waals surface area contributed by atoms with E-state index in [1.165, 1.54) is 12.1 Å². The van der Waals surface area contributed by atoms with Crippen LogP contribution >= 0.6 is 23.4 Å². The molecule has 11 nitrogen and oxygen atoms in total. The molecule has 1 saturated heterocycles. The number of hydrogen-bond acceptors (Lipinski definition) is 10. The van der Waals surface area contributed by atoms with Crippen LogP contribution in [-0.4, -0.2) is 52.8 Å². The van der Waals surface area contributed by atoms with Crippen molar-refractivity contribution in [3.8, 4) is 0 Å². The standard InChI is InChI=1S/C16H20ClN7O4S2/c1-8-5-12(11(6-10(8)17)29-7-13(25)26)30(27,28)23-15-20-14(18)21-16(22-15)24-9(2)3-4-19-24/h5-6,9,19H,3-4,7H2,1-2H3,(H,25,26)(H3,18,20,21,22,23). The zero-order chi connectivity index (χ0) is 22.1. The first-order valence-electron chi connectivity index (χ1n) is 8.78. The molecule has 2 aromatic rings. The number of aryl methyl sites for hydroxylation is 1. The predicted octanol–water partition coefficient (Wildman–Crippen LogP) is 1.50. The highest BCUT2D eigenvalue weighted by atomic mass is 35.5. The first-order chi connectivity index (χ1) is 14.1. The number of hydrogen-bond donors (Lipinski definition) is 4. The van der Waals surface area contributed by atoms with E-state index >= 15 is 0 Å². The lowest BCUT2D eigenvalue weighted by molar-refractivity contribution is -0.133. The van der Waals surface area contributed by atoms with Crippen LogP contribution in [0.3, 0.4) is 0 Å². The molecule has 0 radical (unpaired) electrons. The first-order valence-corrected chi connectivity index (χ1v) is 11.6. The average Bonchev–Trinajstić information content (AvgIpc) is 3.07. The van der Waals surface area contributed by atoms with Gasteiger partial charge in [0.1, 0.15) is 4.90 Å². The van der Waals surface area contributed by atoms with Gasteiger partial charge in [0.2, 0.25) is 17.8 Å². The smallest absolute Gasteiger partial charge is 0.313 e. The second-order valence-electron chi connectivity index (χ2n) is 6.57. The van der Waals surface area contributed by atoms with Crippen LogP contribution in [0.4, 0.5) is 17.8 Å². The fourth-order valence-electron chi connectivity index (χ4n) is 2.75. The number of carboxylic acid groups (broad SMARTS) is 1. The molecule has 1 fully saturated rings. The Morgan fingerprint density at radius 3 is 2.80 bits per heavy atom. The van der Waals surface area contributed by atoms with Crippen molar-refractivity contribution in [1.29, 1.82) is 0 Å². The highest BCUT2D eigenvalue weighted by Crippen LogP contribution is 2.33. The van der Waals surface area contributed by atoms with E-state index < -0.39 is 16.0 Å². The van der Waals surface area contributed by atoms with E-state index in [-0.39, 0.29) is 39.4 Å². The molecular weight excluding hydrogens is 454 g/mol. The van der Waals surface area contributed by atoms with E-state index in [2.05, 4.69) is 25.1 Å². The normalized spacial score (nSPS) is 16.6. The van der Waals surface area contributed by atoms with E-state index in [0.29, 0.717) is 10.6 Å². The summed E-state index contributed by atoms with van der Waals surface area (Å²) in [5.74, 6) is -1.62. The summed E-state index contributed by atoms with van der Waals surface area (Å²) in [6.07, 6.45) is 0.862.